The summed E-state index contributed by atoms with van der Waals surface area (Å²) in [6.07, 6.45) is 5.11. The van der Waals surface area contributed by atoms with Crippen LogP contribution in [0.3, 0.4) is 0 Å². The van der Waals surface area contributed by atoms with Crippen molar-refractivity contribution in [2.24, 2.45) is 0 Å². The maximum Gasteiger partial charge on any atom is 0.214 e. The second kappa shape index (κ2) is 6.61. The topological polar surface area (TPSA) is 53.2 Å². The molecule has 0 unspecified atom stereocenters. The molecule has 1 aromatic carbocycles. The lowest BCUT2D eigenvalue weighted by molar-refractivity contribution is 0.320. The molecular formula is C17H23FN2O2S. The molecule has 4 nitrogen and oxygen atoms in total. The quantitative estimate of drug-likeness (QED) is 0.905. The van der Waals surface area contributed by atoms with Crippen molar-refractivity contribution in [3.63, 3.8) is 0 Å². The summed E-state index contributed by atoms with van der Waals surface area (Å²) in [5.41, 5.74) is 2.03. The van der Waals surface area contributed by atoms with E-state index in [9.17, 15) is 12.8 Å². The number of hydrogen-bond acceptors (Lipinski definition) is 2. The molecule has 1 fully saturated rings. The van der Waals surface area contributed by atoms with Crippen LogP contribution < -0.4 is 0 Å². The average Bonchev–Trinajstić information content (AvgIpc) is 2.96. The van der Waals surface area contributed by atoms with Crippen molar-refractivity contribution >= 4 is 20.9 Å². The van der Waals surface area contributed by atoms with Crippen LogP contribution in [0.5, 0.6) is 0 Å². The molecule has 2 aromatic rings. The molecule has 0 atom stereocenters. The van der Waals surface area contributed by atoms with Crippen molar-refractivity contribution < 1.29 is 12.8 Å². The molecule has 3 rings (SSSR count). The minimum Gasteiger partial charge on any atom is -0.361 e. The fourth-order valence-electron chi connectivity index (χ4n) is 3.35. The normalized spacial score (nSPS) is 17.8. The number of benzene rings is 1. The summed E-state index contributed by atoms with van der Waals surface area (Å²) in [6.45, 7) is 3.11. The lowest BCUT2D eigenvalue weighted by atomic mass is 9.90. The van der Waals surface area contributed by atoms with Crippen molar-refractivity contribution in [1.82, 2.24) is 9.29 Å². The molecule has 6 heteroatoms. The van der Waals surface area contributed by atoms with Crippen LogP contribution in [-0.2, 0) is 10.0 Å². The number of piperidine rings is 1. The summed E-state index contributed by atoms with van der Waals surface area (Å²) >= 11 is 0. The Morgan fingerprint density at radius 3 is 2.74 bits per heavy atom. The van der Waals surface area contributed by atoms with Crippen molar-refractivity contribution in [2.45, 2.75) is 38.5 Å². The van der Waals surface area contributed by atoms with Gasteiger partial charge in [0.05, 0.1) is 5.75 Å². The van der Waals surface area contributed by atoms with Gasteiger partial charge in [0.25, 0.3) is 0 Å². The number of unbranched alkanes of at least 4 members (excludes halogenated alkanes) is 1. The van der Waals surface area contributed by atoms with Gasteiger partial charge in [-0.05, 0) is 48.9 Å². The van der Waals surface area contributed by atoms with Crippen molar-refractivity contribution in [3.05, 3.63) is 35.8 Å². The second-order valence-corrected chi connectivity index (χ2v) is 8.37. The predicted octanol–water partition coefficient (Wildman–Crippen LogP) is 3.62. The number of aromatic amines is 1. The fourth-order valence-corrected chi connectivity index (χ4v) is 5.03. The van der Waals surface area contributed by atoms with Gasteiger partial charge in [-0.15, -0.1) is 0 Å². The SMILES string of the molecule is CCCCS(=O)(=O)N1CCC(c2c[nH]c3ccc(F)cc23)CC1. The third-order valence-electron chi connectivity index (χ3n) is 4.72. The summed E-state index contributed by atoms with van der Waals surface area (Å²) in [6, 6.07) is 4.76. The molecule has 0 spiro atoms. The van der Waals surface area contributed by atoms with Crippen molar-refractivity contribution in [2.75, 3.05) is 18.8 Å². The Morgan fingerprint density at radius 2 is 2.04 bits per heavy atom. The van der Waals surface area contributed by atoms with E-state index in [2.05, 4.69) is 4.98 Å². The molecule has 1 aliphatic rings. The van der Waals surface area contributed by atoms with Crippen LogP contribution in [0.4, 0.5) is 4.39 Å². The van der Waals surface area contributed by atoms with Gasteiger partial charge >= 0.3 is 0 Å². The summed E-state index contributed by atoms with van der Waals surface area (Å²) in [5.74, 6) is 0.285. The number of aromatic nitrogens is 1. The molecule has 0 aliphatic carbocycles. The zero-order valence-corrected chi connectivity index (χ0v) is 14.2. The summed E-state index contributed by atoms with van der Waals surface area (Å²) in [7, 11) is -3.12. The maximum atomic E-state index is 13.5. The number of sulfonamides is 1. The highest BCUT2D eigenvalue weighted by Gasteiger charge is 2.29. The molecule has 0 saturated carbocycles. The molecule has 2 heterocycles. The zero-order valence-electron chi connectivity index (χ0n) is 13.4. The van der Waals surface area contributed by atoms with Gasteiger partial charge in [-0.2, -0.15) is 0 Å². The van der Waals surface area contributed by atoms with Gasteiger partial charge in [-0.3, -0.25) is 0 Å². The van der Waals surface area contributed by atoms with E-state index in [4.69, 9.17) is 0 Å². The van der Waals surface area contributed by atoms with Crippen molar-refractivity contribution in [3.8, 4) is 0 Å². The standard InChI is InChI=1S/C17H23FN2O2S/c1-2-3-10-23(21,22)20-8-6-13(7-9-20)16-12-19-17-5-4-14(18)11-15(16)17/h4-5,11-13,19H,2-3,6-10H2,1H3. The largest absolute Gasteiger partial charge is 0.361 e. The lowest BCUT2D eigenvalue weighted by Gasteiger charge is -2.31. The van der Waals surface area contributed by atoms with E-state index in [-0.39, 0.29) is 17.5 Å². The van der Waals surface area contributed by atoms with Gasteiger partial charge in [-0.25, -0.2) is 17.1 Å². The number of halogens is 1. The maximum absolute atomic E-state index is 13.5. The average molecular weight is 338 g/mol. The van der Waals surface area contributed by atoms with E-state index in [1.54, 1.807) is 16.4 Å². The summed E-state index contributed by atoms with van der Waals surface area (Å²) in [4.78, 5) is 3.18. The van der Waals surface area contributed by atoms with Gasteiger partial charge in [0.1, 0.15) is 5.82 Å². The highest BCUT2D eigenvalue weighted by Crippen LogP contribution is 2.34. The van der Waals surface area contributed by atoms with E-state index in [1.165, 1.54) is 6.07 Å². The number of fused-ring (bicyclic) bond motifs is 1. The van der Waals surface area contributed by atoms with Gasteiger partial charge in [-0.1, -0.05) is 13.3 Å². The molecule has 0 radical (unpaired) electrons. The molecule has 0 amide bonds. The van der Waals surface area contributed by atoms with E-state index >= 15 is 0 Å². The van der Waals surface area contributed by atoms with Crippen LogP contribution in [0.2, 0.25) is 0 Å². The van der Waals surface area contributed by atoms with Crippen LogP contribution in [0.1, 0.15) is 44.1 Å². The molecule has 1 saturated heterocycles. The Kier molecular flexibility index (Phi) is 4.73. The first-order valence-electron chi connectivity index (χ1n) is 8.25. The Bertz CT molecular complexity index is 777. The number of nitrogens with one attached hydrogen (secondary N) is 1. The monoisotopic (exact) mass is 338 g/mol. The molecule has 1 N–H and O–H groups in total. The third kappa shape index (κ3) is 3.43. The van der Waals surface area contributed by atoms with E-state index in [0.29, 0.717) is 19.5 Å². The highest BCUT2D eigenvalue weighted by molar-refractivity contribution is 7.89. The van der Waals surface area contributed by atoms with E-state index in [0.717, 1.165) is 35.7 Å². The Balaban J connectivity index is 1.72. The predicted molar refractivity (Wildman–Crippen MR) is 90.5 cm³/mol. The first kappa shape index (κ1) is 16.5. The van der Waals surface area contributed by atoms with Crippen LogP contribution in [0.15, 0.2) is 24.4 Å². The Hall–Kier alpha value is -1.40. The Morgan fingerprint density at radius 1 is 1.30 bits per heavy atom. The summed E-state index contributed by atoms with van der Waals surface area (Å²) < 4.78 is 39.6. The highest BCUT2D eigenvalue weighted by atomic mass is 32.2. The van der Waals surface area contributed by atoms with E-state index < -0.39 is 10.0 Å². The first-order valence-corrected chi connectivity index (χ1v) is 9.86. The zero-order chi connectivity index (χ0) is 16.4. The molecule has 1 aliphatic heterocycles. The number of hydrogen-bond donors (Lipinski definition) is 1. The van der Waals surface area contributed by atoms with E-state index in [1.807, 2.05) is 13.1 Å². The fraction of sp³-hybridized carbons (Fsp3) is 0.529. The minimum absolute atomic E-state index is 0.238. The molecule has 1 aromatic heterocycles. The van der Waals surface area contributed by atoms with Crippen LogP contribution in [0.25, 0.3) is 10.9 Å². The third-order valence-corrected chi connectivity index (χ3v) is 6.68. The Labute approximate surface area is 136 Å². The van der Waals surface area contributed by atoms with Gasteiger partial charge in [0.15, 0.2) is 0 Å². The van der Waals surface area contributed by atoms with Gasteiger partial charge in [0, 0.05) is 30.2 Å². The van der Waals surface area contributed by atoms with Crippen molar-refractivity contribution in [1.29, 1.82) is 0 Å². The van der Waals surface area contributed by atoms with Gasteiger partial charge < -0.3 is 4.98 Å². The smallest absolute Gasteiger partial charge is 0.214 e. The van der Waals surface area contributed by atoms with Crippen LogP contribution in [0, 0.1) is 5.82 Å². The van der Waals surface area contributed by atoms with Gasteiger partial charge in [0.2, 0.25) is 10.0 Å². The minimum atomic E-state index is -3.12. The number of H-pyrrole nitrogens is 1. The lowest BCUT2D eigenvalue weighted by Crippen LogP contribution is -2.39. The summed E-state index contributed by atoms with van der Waals surface area (Å²) in [5, 5.41) is 0.914. The first-order chi connectivity index (χ1) is 11.0. The molecule has 126 valence electrons. The molecule has 0 bridgehead atoms. The molecular weight excluding hydrogens is 315 g/mol. The second-order valence-electron chi connectivity index (χ2n) is 6.28. The van der Waals surface area contributed by atoms with Crippen LogP contribution >= 0.6 is 0 Å². The number of nitrogens with zero attached hydrogens (tertiary/aromatic N) is 1. The van der Waals surface area contributed by atoms with Crippen LogP contribution in [-0.4, -0.2) is 36.5 Å². The molecule has 23 heavy (non-hydrogen) atoms. The number of rotatable bonds is 5.